The molecule has 0 spiro atoms. The minimum Gasteiger partial charge on any atom is -0.452 e. The van der Waals surface area contributed by atoms with Gasteiger partial charge in [-0.1, -0.05) is 0 Å². The lowest BCUT2D eigenvalue weighted by molar-refractivity contribution is 0.00711. The fourth-order valence-corrected chi connectivity index (χ4v) is 4.05. The van der Waals surface area contributed by atoms with Crippen LogP contribution in [0.25, 0.3) is 0 Å². The molecule has 1 atom stereocenters. The van der Waals surface area contributed by atoms with E-state index in [4.69, 9.17) is 4.42 Å². The maximum absolute atomic E-state index is 12.4. The molecule has 0 N–H and O–H groups in total. The van der Waals surface area contributed by atoms with Crippen LogP contribution in [0.1, 0.15) is 29.0 Å². The summed E-state index contributed by atoms with van der Waals surface area (Å²) in [5.74, 6) is 1.66. The Morgan fingerprint density at radius 2 is 2.11 bits per heavy atom. The average molecular weight is 311 g/mol. The molecule has 0 radical (unpaired) electrons. The van der Waals surface area contributed by atoms with Gasteiger partial charge >= 0.3 is 0 Å². The van der Waals surface area contributed by atoms with Crippen LogP contribution in [-0.2, 0) is 6.54 Å². The summed E-state index contributed by atoms with van der Waals surface area (Å²) in [7, 11) is 0. The monoisotopic (exact) mass is 310 g/mol. The molecule has 0 aromatic carbocycles. The van der Waals surface area contributed by atoms with Crippen LogP contribution >= 0.6 is 15.9 Å². The Balaban J connectivity index is 1.61. The van der Waals surface area contributed by atoms with Crippen molar-refractivity contribution in [2.45, 2.75) is 25.4 Å². The molecule has 4 nitrogen and oxygen atoms in total. The molecule has 1 aromatic heterocycles. The lowest BCUT2D eigenvalue weighted by Gasteiger charge is -2.47. The first-order chi connectivity index (χ1) is 8.72. The Morgan fingerprint density at radius 1 is 1.33 bits per heavy atom. The zero-order chi connectivity index (χ0) is 12.3. The van der Waals surface area contributed by atoms with Gasteiger partial charge in [-0.15, -0.1) is 0 Å². The van der Waals surface area contributed by atoms with E-state index < -0.39 is 0 Å². The summed E-state index contributed by atoms with van der Waals surface area (Å²) in [6, 6.07) is 2.19. The maximum Gasteiger partial charge on any atom is 0.258 e. The van der Waals surface area contributed by atoms with E-state index in [-0.39, 0.29) is 5.91 Å². The number of amides is 1. The number of carbonyl (C=O) groups is 1. The average Bonchev–Trinajstić information content (AvgIpc) is 2.89. The molecule has 1 aromatic rings. The second-order valence-corrected chi connectivity index (χ2v) is 6.31. The van der Waals surface area contributed by atoms with Gasteiger partial charge in [-0.25, -0.2) is 0 Å². The van der Waals surface area contributed by atoms with Gasteiger partial charge in [-0.3, -0.25) is 4.79 Å². The van der Waals surface area contributed by atoms with Crippen LogP contribution in [0.15, 0.2) is 15.2 Å². The molecule has 1 amide bonds. The summed E-state index contributed by atoms with van der Waals surface area (Å²) in [4.78, 5) is 16.9. The molecule has 5 heterocycles. The third-order valence-corrected chi connectivity index (χ3v) is 5.00. The van der Waals surface area contributed by atoms with Gasteiger partial charge < -0.3 is 14.2 Å². The zero-order valence-electron chi connectivity index (χ0n) is 10.1. The van der Waals surface area contributed by atoms with Gasteiger partial charge in [0.25, 0.3) is 5.91 Å². The van der Waals surface area contributed by atoms with Crippen molar-refractivity contribution in [3.63, 3.8) is 0 Å². The van der Waals surface area contributed by atoms with Gasteiger partial charge in [0.15, 0.2) is 4.67 Å². The van der Waals surface area contributed by atoms with Gasteiger partial charge in [0.1, 0.15) is 5.76 Å². The molecular weight excluding hydrogens is 296 g/mol. The lowest BCUT2D eigenvalue weighted by Crippen LogP contribution is -2.57. The summed E-state index contributed by atoms with van der Waals surface area (Å²) in [5, 5.41) is 0. The predicted molar refractivity (Wildman–Crippen MR) is 69.2 cm³/mol. The fraction of sp³-hybridized carbons (Fsp3) is 0.615. The highest BCUT2D eigenvalue weighted by atomic mass is 79.9. The van der Waals surface area contributed by atoms with Crippen molar-refractivity contribution in [1.29, 1.82) is 0 Å². The lowest BCUT2D eigenvalue weighted by atomic mass is 9.83. The number of halogens is 1. The van der Waals surface area contributed by atoms with Gasteiger partial charge in [0.05, 0.1) is 12.1 Å². The van der Waals surface area contributed by atoms with E-state index >= 15 is 0 Å². The van der Waals surface area contributed by atoms with Crippen molar-refractivity contribution in [2.24, 2.45) is 5.92 Å². The smallest absolute Gasteiger partial charge is 0.258 e. The van der Waals surface area contributed by atoms with Crippen LogP contribution in [0, 0.1) is 5.92 Å². The number of fused-ring (bicyclic) bond motifs is 4. The van der Waals surface area contributed by atoms with E-state index in [0.29, 0.717) is 23.2 Å². The highest BCUT2D eigenvalue weighted by molar-refractivity contribution is 9.10. The molecular formula is C13H15BrN2O2. The van der Waals surface area contributed by atoms with Crippen molar-refractivity contribution in [3.05, 3.63) is 22.1 Å². The van der Waals surface area contributed by atoms with E-state index in [1.807, 2.05) is 4.90 Å². The van der Waals surface area contributed by atoms with Crippen molar-refractivity contribution < 1.29 is 9.21 Å². The van der Waals surface area contributed by atoms with Crippen molar-refractivity contribution in [3.8, 4) is 0 Å². The summed E-state index contributed by atoms with van der Waals surface area (Å²) in [6.07, 6.45) is 2.47. The van der Waals surface area contributed by atoms with E-state index in [9.17, 15) is 4.79 Å². The van der Waals surface area contributed by atoms with Gasteiger partial charge in [0.2, 0.25) is 0 Å². The second-order valence-electron chi connectivity index (χ2n) is 5.53. The molecule has 96 valence electrons. The molecule has 5 heteroatoms. The molecule has 3 saturated heterocycles. The highest BCUT2D eigenvalue weighted by Gasteiger charge is 2.43. The first kappa shape index (κ1) is 11.1. The molecule has 18 heavy (non-hydrogen) atoms. The Kier molecular flexibility index (Phi) is 2.36. The van der Waals surface area contributed by atoms with Gasteiger partial charge in [-0.05, 0) is 47.8 Å². The van der Waals surface area contributed by atoms with Crippen LogP contribution < -0.4 is 0 Å². The number of nitrogens with zero attached hydrogens (tertiary/aromatic N) is 2. The van der Waals surface area contributed by atoms with E-state index in [2.05, 4.69) is 20.8 Å². The summed E-state index contributed by atoms with van der Waals surface area (Å²) in [5.41, 5.74) is 0.748. The molecule has 4 aliphatic heterocycles. The molecule has 5 rings (SSSR count). The molecule has 0 saturated carbocycles. The van der Waals surface area contributed by atoms with E-state index in [1.54, 1.807) is 6.07 Å². The number of furan rings is 1. The van der Waals surface area contributed by atoms with E-state index in [1.165, 1.54) is 25.9 Å². The van der Waals surface area contributed by atoms with E-state index in [0.717, 1.165) is 17.9 Å². The molecule has 2 bridgehead atoms. The van der Waals surface area contributed by atoms with Crippen molar-refractivity contribution in [2.75, 3.05) is 19.6 Å². The van der Waals surface area contributed by atoms with Gasteiger partial charge in [0, 0.05) is 18.7 Å². The standard InChI is InChI=1S/C13H15BrN2O2/c14-12-5-9-11(18-12)7-16(13(9)17)10-6-15-3-1-8(10)2-4-15/h5,8,10H,1-4,6-7H2/t10-/m0/s1. The Labute approximate surface area is 114 Å². The van der Waals surface area contributed by atoms with Crippen molar-refractivity contribution in [1.82, 2.24) is 9.80 Å². The Hall–Kier alpha value is -0.810. The quantitative estimate of drug-likeness (QED) is 0.797. The summed E-state index contributed by atoms with van der Waals surface area (Å²) in [6.45, 7) is 4.10. The van der Waals surface area contributed by atoms with Crippen LogP contribution in [0.4, 0.5) is 0 Å². The number of piperidine rings is 3. The minimum atomic E-state index is 0.151. The first-order valence-corrected chi connectivity index (χ1v) is 7.33. The minimum absolute atomic E-state index is 0.151. The van der Waals surface area contributed by atoms with Crippen LogP contribution in [-0.4, -0.2) is 41.4 Å². The van der Waals surface area contributed by atoms with Crippen LogP contribution in [0.2, 0.25) is 0 Å². The van der Waals surface area contributed by atoms with Crippen molar-refractivity contribution >= 4 is 21.8 Å². The molecule has 3 fully saturated rings. The SMILES string of the molecule is O=C1c2cc(Br)oc2CN1[C@H]1CN2CCC1CC2. The summed E-state index contributed by atoms with van der Waals surface area (Å²) < 4.78 is 6.20. The second kappa shape index (κ2) is 3.84. The Bertz CT molecular complexity index is 505. The number of hydrogen-bond acceptors (Lipinski definition) is 3. The first-order valence-electron chi connectivity index (χ1n) is 6.54. The molecule has 0 aliphatic carbocycles. The number of carbonyl (C=O) groups excluding carboxylic acids is 1. The number of hydrogen-bond donors (Lipinski definition) is 0. The predicted octanol–water partition coefficient (Wildman–Crippen LogP) is 2.09. The third-order valence-electron chi connectivity index (χ3n) is 4.61. The zero-order valence-corrected chi connectivity index (χ0v) is 11.6. The number of rotatable bonds is 1. The van der Waals surface area contributed by atoms with Crippen LogP contribution in [0.5, 0.6) is 0 Å². The normalized spacial score (nSPS) is 34.2. The maximum atomic E-state index is 12.4. The molecule has 0 unspecified atom stereocenters. The topological polar surface area (TPSA) is 36.7 Å². The molecule has 4 aliphatic rings. The third kappa shape index (κ3) is 1.50. The van der Waals surface area contributed by atoms with Gasteiger partial charge in [-0.2, -0.15) is 0 Å². The highest BCUT2D eigenvalue weighted by Crippen LogP contribution is 2.36. The Morgan fingerprint density at radius 3 is 2.72 bits per heavy atom. The largest absolute Gasteiger partial charge is 0.452 e. The van der Waals surface area contributed by atoms with Crippen LogP contribution in [0.3, 0.4) is 0 Å². The fourth-order valence-electron chi connectivity index (χ4n) is 3.63. The summed E-state index contributed by atoms with van der Waals surface area (Å²) >= 11 is 3.29.